The van der Waals surface area contributed by atoms with Gasteiger partial charge < -0.3 is 15.7 Å². The van der Waals surface area contributed by atoms with Crippen LogP contribution in [0.15, 0.2) is 30.9 Å². The summed E-state index contributed by atoms with van der Waals surface area (Å²) in [6.07, 6.45) is 2.19. The van der Waals surface area contributed by atoms with Crippen LogP contribution >= 0.6 is 0 Å². The van der Waals surface area contributed by atoms with Crippen LogP contribution in [0.1, 0.15) is 23.7 Å². The maximum Gasteiger partial charge on any atom is 0.337 e. The van der Waals surface area contributed by atoms with Crippen LogP contribution < -0.4 is 10.6 Å². The Morgan fingerprint density at radius 3 is 2.79 bits per heavy atom. The molecule has 1 atom stereocenters. The second kappa shape index (κ2) is 6.53. The number of amides is 2. The van der Waals surface area contributed by atoms with E-state index in [9.17, 15) is 14.0 Å². The summed E-state index contributed by atoms with van der Waals surface area (Å²) in [5.74, 6) is -2.11. The number of aromatic carboxylic acids is 1. The van der Waals surface area contributed by atoms with Gasteiger partial charge in [-0.1, -0.05) is 12.1 Å². The highest BCUT2D eigenvalue weighted by molar-refractivity contribution is 6.00. The molecule has 0 aliphatic carbocycles. The molecular formula is C13H15FN2O3. The average Bonchev–Trinajstić information content (AvgIpc) is 2.31. The highest BCUT2D eigenvalue weighted by Crippen LogP contribution is 2.19. The van der Waals surface area contributed by atoms with Crippen LogP contribution in [0.4, 0.5) is 14.9 Å². The van der Waals surface area contributed by atoms with Gasteiger partial charge in [-0.05, 0) is 25.5 Å². The van der Waals surface area contributed by atoms with E-state index in [-0.39, 0.29) is 17.3 Å². The third-order valence-electron chi connectivity index (χ3n) is 2.38. The summed E-state index contributed by atoms with van der Waals surface area (Å²) in [5, 5.41) is 13.7. The van der Waals surface area contributed by atoms with Crippen LogP contribution in [-0.2, 0) is 0 Å². The molecule has 0 saturated carbocycles. The Hall–Kier alpha value is -2.37. The molecular weight excluding hydrogens is 251 g/mol. The first-order valence-corrected chi connectivity index (χ1v) is 5.66. The molecule has 0 spiro atoms. The van der Waals surface area contributed by atoms with Crippen LogP contribution in [0.3, 0.4) is 0 Å². The zero-order valence-corrected chi connectivity index (χ0v) is 10.4. The molecule has 102 valence electrons. The number of anilines is 1. The summed E-state index contributed by atoms with van der Waals surface area (Å²) in [6.45, 7) is 5.28. The number of carboxylic acids is 1. The van der Waals surface area contributed by atoms with E-state index >= 15 is 0 Å². The normalized spacial score (nSPS) is 11.5. The van der Waals surface area contributed by atoms with Crippen molar-refractivity contribution in [3.63, 3.8) is 0 Å². The molecule has 2 amide bonds. The predicted molar refractivity (Wildman–Crippen MR) is 69.8 cm³/mol. The summed E-state index contributed by atoms with van der Waals surface area (Å²) < 4.78 is 13.5. The van der Waals surface area contributed by atoms with Crippen molar-refractivity contribution < 1.29 is 19.1 Å². The van der Waals surface area contributed by atoms with Gasteiger partial charge in [-0.25, -0.2) is 14.0 Å². The minimum atomic E-state index is -1.31. The Morgan fingerprint density at radius 1 is 1.53 bits per heavy atom. The van der Waals surface area contributed by atoms with Gasteiger partial charge in [-0.15, -0.1) is 6.58 Å². The number of para-hydroxylation sites is 1. The molecule has 0 fully saturated rings. The van der Waals surface area contributed by atoms with Crippen LogP contribution in [0.5, 0.6) is 0 Å². The Balaban J connectivity index is 2.84. The Labute approximate surface area is 110 Å². The van der Waals surface area contributed by atoms with Crippen molar-refractivity contribution in [2.75, 3.05) is 5.32 Å². The number of carbonyl (C=O) groups is 2. The van der Waals surface area contributed by atoms with E-state index in [0.717, 1.165) is 6.07 Å². The van der Waals surface area contributed by atoms with Gasteiger partial charge in [-0.3, -0.25) is 0 Å². The summed E-state index contributed by atoms with van der Waals surface area (Å²) >= 11 is 0. The summed E-state index contributed by atoms with van der Waals surface area (Å²) in [4.78, 5) is 22.5. The van der Waals surface area contributed by atoms with Crippen LogP contribution in [0.2, 0.25) is 0 Å². The first-order chi connectivity index (χ1) is 8.95. The lowest BCUT2D eigenvalue weighted by molar-refractivity contribution is 0.0697. The lowest BCUT2D eigenvalue weighted by atomic mass is 10.1. The van der Waals surface area contributed by atoms with Crippen LogP contribution in [0, 0.1) is 5.82 Å². The lowest BCUT2D eigenvalue weighted by Gasteiger charge is -2.14. The fraction of sp³-hybridized carbons (Fsp3) is 0.231. The van der Waals surface area contributed by atoms with Crippen molar-refractivity contribution in [1.29, 1.82) is 0 Å². The van der Waals surface area contributed by atoms with Crippen molar-refractivity contribution in [3.8, 4) is 0 Å². The number of hydrogen-bond donors (Lipinski definition) is 3. The standard InChI is InChI=1S/C13H15FN2O3/c1-3-5-8(2)15-13(19)16-11-9(12(17)18)6-4-7-10(11)14/h3-4,6-8H,1,5H2,2H3,(H,17,18)(H2,15,16,19). The summed E-state index contributed by atoms with van der Waals surface area (Å²) in [6, 6.07) is 2.71. The zero-order chi connectivity index (χ0) is 14.4. The van der Waals surface area contributed by atoms with Gasteiger partial charge in [0.2, 0.25) is 0 Å². The fourth-order valence-corrected chi connectivity index (χ4v) is 1.51. The number of halogens is 1. The number of carbonyl (C=O) groups excluding carboxylic acids is 1. The third kappa shape index (κ3) is 4.09. The molecule has 0 radical (unpaired) electrons. The van der Waals surface area contributed by atoms with E-state index in [0.29, 0.717) is 6.42 Å². The second-order valence-electron chi connectivity index (χ2n) is 3.99. The molecule has 0 aromatic heterocycles. The largest absolute Gasteiger partial charge is 0.478 e. The molecule has 0 saturated heterocycles. The smallest absolute Gasteiger partial charge is 0.337 e. The van der Waals surface area contributed by atoms with Crippen LogP contribution in [0.25, 0.3) is 0 Å². The average molecular weight is 266 g/mol. The maximum absolute atomic E-state index is 13.5. The molecule has 1 aromatic rings. The second-order valence-corrected chi connectivity index (χ2v) is 3.99. The number of urea groups is 1. The molecule has 0 heterocycles. The van der Waals surface area contributed by atoms with Crippen molar-refractivity contribution >= 4 is 17.7 Å². The molecule has 1 aromatic carbocycles. The first kappa shape index (κ1) is 14.7. The molecule has 0 bridgehead atoms. The quantitative estimate of drug-likeness (QED) is 0.717. The van der Waals surface area contributed by atoms with Crippen molar-refractivity contribution in [2.24, 2.45) is 0 Å². The minimum absolute atomic E-state index is 0.183. The first-order valence-electron chi connectivity index (χ1n) is 5.66. The number of nitrogens with one attached hydrogen (secondary N) is 2. The Bertz CT molecular complexity index is 503. The molecule has 6 heteroatoms. The van der Waals surface area contributed by atoms with Crippen molar-refractivity contribution in [3.05, 3.63) is 42.2 Å². The van der Waals surface area contributed by atoms with E-state index in [1.165, 1.54) is 12.1 Å². The minimum Gasteiger partial charge on any atom is -0.478 e. The van der Waals surface area contributed by atoms with Gasteiger partial charge in [0.05, 0.1) is 11.3 Å². The van der Waals surface area contributed by atoms with Crippen molar-refractivity contribution in [2.45, 2.75) is 19.4 Å². The predicted octanol–water partition coefficient (Wildman–Crippen LogP) is 2.61. The fourth-order valence-electron chi connectivity index (χ4n) is 1.51. The van der Waals surface area contributed by atoms with Gasteiger partial charge >= 0.3 is 12.0 Å². The molecule has 1 unspecified atom stereocenters. The van der Waals surface area contributed by atoms with E-state index in [2.05, 4.69) is 17.2 Å². The van der Waals surface area contributed by atoms with E-state index < -0.39 is 17.8 Å². The third-order valence-corrected chi connectivity index (χ3v) is 2.38. The lowest BCUT2D eigenvalue weighted by Crippen LogP contribution is -2.36. The van der Waals surface area contributed by atoms with Gasteiger partial charge in [0.1, 0.15) is 5.82 Å². The van der Waals surface area contributed by atoms with Crippen LogP contribution in [-0.4, -0.2) is 23.1 Å². The van der Waals surface area contributed by atoms with Gasteiger partial charge in [0.15, 0.2) is 0 Å². The van der Waals surface area contributed by atoms with E-state index in [1.807, 2.05) is 0 Å². The topological polar surface area (TPSA) is 78.4 Å². The SMILES string of the molecule is C=CCC(C)NC(=O)Nc1c(F)cccc1C(=O)O. The Morgan fingerprint density at radius 2 is 2.21 bits per heavy atom. The van der Waals surface area contributed by atoms with Gasteiger partial charge in [-0.2, -0.15) is 0 Å². The molecule has 19 heavy (non-hydrogen) atoms. The molecule has 0 aliphatic heterocycles. The van der Waals surface area contributed by atoms with E-state index in [1.54, 1.807) is 13.0 Å². The molecule has 1 rings (SSSR count). The number of carboxylic acid groups (broad SMARTS) is 1. The Kier molecular flexibility index (Phi) is 5.05. The van der Waals surface area contributed by atoms with Crippen molar-refractivity contribution in [1.82, 2.24) is 5.32 Å². The molecule has 5 nitrogen and oxygen atoms in total. The molecule has 0 aliphatic rings. The molecule has 3 N–H and O–H groups in total. The zero-order valence-electron chi connectivity index (χ0n) is 10.4. The summed E-state index contributed by atoms with van der Waals surface area (Å²) in [7, 11) is 0. The van der Waals surface area contributed by atoms with E-state index in [4.69, 9.17) is 5.11 Å². The van der Waals surface area contributed by atoms with Gasteiger partial charge in [0, 0.05) is 6.04 Å². The van der Waals surface area contributed by atoms with Gasteiger partial charge in [0.25, 0.3) is 0 Å². The number of hydrogen-bond acceptors (Lipinski definition) is 2. The highest BCUT2D eigenvalue weighted by Gasteiger charge is 2.16. The summed E-state index contributed by atoms with van der Waals surface area (Å²) in [5.41, 5.74) is -0.648. The number of rotatable bonds is 5. The monoisotopic (exact) mass is 266 g/mol. The maximum atomic E-state index is 13.5. The number of benzene rings is 1. The highest BCUT2D eigenvalue weighted by atomic mass is 19.1.